The van der Waals surface area contributed by atoms with Crippen LogP contribution in [0.15, 0.2) is 67.1 Å². The normalized spacial score (nSPS) is 22.6. The molecule has 0 unspecified atom stereocenters. The zero-order valence-corrected chi connectivity index (χ0v) is 16.9. The van der Waals surface area contributed by atoms with Crippen LogP contribution < -0.4 is 0 Å². The first-order valence-electron chi connectivity index (χ1n) is 10.7. The van der Waals surface area contributed by atoms with Crippen LogP contribution in [0.25, 0.3) is 0 Å². The molecule has 5 heterocycles. The summed E-state index contributed by atoms with van der Waals surface area (Å²) in [5, 5.41) is 4.39. The van der Waals surface area contributed by atoms with Gasteiger partial charge >= 0.3 is 0 Å². The van der Waals surface area contributed by atoms with Gasteiger partial charge in [-0.15, -0.1) is 0 Å². The molecule has 5 heteroatoms. The van der Waals surface area contributed by atoms with Gasteiger partial charge in [-0.1, -0.05) is 30.3 Å². The van der Waals surface area contributed by atoms with E-state index in [1.54, 1.807) is 0 Å². The maximum atomic E-state index is 4.54. The zero-order chi connectivity index (χ0) is 19.5. The fraction of sp³-hybridized carbons (Fsp3) is 0.417. The molecule has 150 valence electrons. The molecule has 29 heavy (non-hydrogen) atoms. The van der Waals surface area contributed by atoms with Gasteiger partial charge in [0.1, 0.15) is 0 Å². The summed E-state index contributed by atoms with van der Waals surface area (Å²) in [5.41, 5.74) is 4.00. The third-order valence-corrected chi connectivity index (χ3v) is 6.40. The van der Waals surface area contributed by atoms with Crippen molar-refractivity contribution in [3.8, 4) is 0 Å². The number of fused-ring (bicyclic) bond motifs is 4. The van der Waals surface area contributed by atoms with Crippen LogP contribution in [0.5, 0.6) is 0 Å². The van der Waals surface area contributed by atoms with E-state index in [9.17, 15) is 0 Å². The highest BCUT2D eigenvalue weighted by atomic mass is 15.3. The Morgan fingerprint density at radius 3 is 2.45 bits per heavy atom. The average molecular weight is 388 g/mol. The van der Waals surface area contributed by atoms with E-state index in [4.69, 9.17) is 0 Å². The van der Waals surface area contributed by atoms with Crippen LogP contribution in [0.1, 0.15) is 29.7 Å². The predicted molar refractivity (Wildman–Crippen MR) is 114 cm³/mol. The third kappa shape index (κ3) is 4.41. The lowest BCUT2D eigenvalue weighted by atomic mass is 9.94. The number of nitrogens with zero attached hydrogens (tertiary/aromatic N) is 5. The highest BCUT2D eigenvalue weighted by molar-refractivity contribution is 5.27. The Hall–Kier alpha value is -2.50. The number of piperidine rings is 1. The maximum absolute atomic E-state index is 4.54. The van der Waals surface area contributed by atoms with Crippen LogP contribution in [0.2, 0.25) is 0 Å². The van der Waals surface area contributed by atoms with E-state index in [1.807, 2.05) is 35.4 Å². The predicted octanol–water partition coefficient (Wildman–Crippen LogP) is 3.42. The first-order valence-corrected chi connectivity index (χ1v) is 10.7. The van der Waals surface area contributed by atoms with Gasteiger partial charge in [0.2, 0.25) is 0 Å². The molecule has 3 aromatic rings. The number of benzene rings is 1. The molecule has 0 amide bonds. The van der Waals surface area contributed by atoms with Crippen molar-refractivity contribution in [2.75, 3.05) is 19.6 Å². The maximum Gasteiger partial charge on any atom is 0.0662 e. The molecule has 6 rings (SSSR count). The highest BCUT2D eigenvalue weighted by Crippen LogP contribution is 2.30. The summed E-state index contributed by atoms with van der Waals surface area (Å²) in [6.07, 6.45) is 8.47. The Morgan fingerprint density at radius 1 is 0.793 bits per heavy atom. The summed E-state index contributed by atoms with van der Waals surface area (Å²) in [6.45, 7) is 6.40. The fourth-order valence-electron chi connectivity index (χ4n) is 4.97. The summed E-state index contributed by atoms with van der Waals surface area (Å²) >= 11 is 0. The number of pyridine rings is 1. The Morgan fingerprint density at radius 2 is 1.66 bits per heavy atom. The van der Waals surface area contributed by atoms with Crippen molar-refractivity contribution in [1.82, 2.24) is 24.6 Å². The molecule has 0 N–H and O–H groups in total. The van der Waals surface area contributed by atoms with E-state index >= 15 is 0 Å². The van der Waals surface area contributed by atoms with Crippen LogP contribution in [0, 0.1) is 5.92 Å². The SMILES string of the molecule is c1ccc(CN2C[C@@H]3CC[C@H](C2)N(Cc2ccccc2Cn2cccn2)C3)nc1. The van der Waals surface area contributed by atoms with Crippen molar-refractivity contribution in [3.05, 3.63) is 83.9 Å². The second kappa shape index (κ2) is 8.47. The first-order chi connectivity index (χ1) is 14.3. The lowest BCUT2D eigenvalue weighted by molar-refractivity contribution is 0.122. The topological polar surface area (TPSA) is 37.2 Å². The van der Waals surface area contributed by atoms with Crippen LogP contribution >= 0.6 is 0 Å². The molecule has 1 aromatic carbocycles. The Bertz CT molecular complexity index is 908. The highest BCUT2D eigenvalue weighted by Gasteiger charge is 2.34. The molecule has 2 aromatic heterocycles. The van der Waals surface area contributed by atoms with Gasteiger partial charge in [0, 0.05) is 57.4 Å². The van der Waals surface area contributed by atoms with Gasteiger partial charge in [0.05, 0.1) is 12.2 Å². The molecule has 0 saturated carbocycles. The first kappa shape index (κ1) is 18.5. The lowest BCUT2D eigenvalue weighted by Gasteiger charge is -2.36. The summed E-state index contributed by atoms with van der Waals surface area (Å²) in [5.74, 6) is 0.760. The van der Waals surface area contributed by atoms with E-state index in [0.717, 1.165) is 32.1 Å². The minimum absolute atomic E-state index is 0.634. The second-order valence-electron chi connectivity index (χ2n) is 8.51. The molecule has 3 aliphatic rings. The van der Waals surface area contributed by atoms with Crippen LogP contribution in [-0.4, -0.2) is 50.2 Å². The van der Waals surface area contributed by atoms with Crippen LogP contribution in [0.4, 0.5) is 0 Å². The van der Waals surface area contributed by atoms with E-state index in [1.165, 1.54) is 42.8 Å². The minimum Gasteiger partial charge on any atom is -0.296 e. The van der Waals surface area contributed by atoms with Gasteiger partial charge in [0.15, 0.2) is 0 Å². The zero-order valence-electron chi connectivity index (χ0n) is 16.9. The minimum atomic E-state index is 0.634. The second-order valence-corrected chi connectivity index (χ2v) is 8.51. The Labute approximate surface area is 173 Å². The van der Waals surface area contributed by atoms with Crippen molar-refractivity contribution in [2.45, 2.75) is 38.5 Å². The summed E-state index contributed by atoms with van der Waals surface area (Å²) in [7, 11) is 0. The quantitative estimate of drug-likeness (QED) is 0.649. The summed E-state index contributed by atoms with van der Waals surface area (Å²) in [4.78, 5) is 9.90. The molecule has 3 aliphatic heterocycles. The molecule has 0 spiro atoms. The van der Waals surface area contributed by atoms with Crippen molar-refractivity contribution < 1.29 is 0 Å². The van der Waals surface area contributed by atoms with Gasteiger partial charge in [-0.25, -0.2) is 0 Å². The molecular weight excluding hydrogens is 358 g/mol. The number of aromatic nitrogens is 3. The monoisotopic (exact) mass is 387 g/mol. The molecule has 0 aliphatic carbocycles. The third-order valence-electron chi connectivity index (χ3n) is 6.40. The van der Waals surface area contributed by atoms with Gasteiger partial charge in [-0.3, -0.25) is 19.5 Å². The van der Waals surface area contributed by atoms with E-state index in [2.05, 4.69) is 56.3 Å². The molecule has 3 saturated heterocycles. The molecule has 5 nitrogen and oxygen atoms in total. The van der Waals surface area contributed by atoms with E-state index in [-0.39, 0.29) is 0 Å². The molecular formula is C24H29N5. The van der Waals surface area contributed by atoms with Gasteiger partial charge in [-0.2, -0.15) is 5.10 Å². The Balaban J connectivity index is 1.29. The standard InChI is InChI=1S/C24H29N5/c1-2-7-22(17-29-13-5-12-26-29)21(6-1)16-28-15-20-9-10-24(28)19-27(14-20)18-23-8-3-4-11-25-23/h1-8,11-13,20,24H,9-10,14-19H2/t20-,24+/m0/s1. The molecule has 0 radical (unpaired) electrons. The number of rotatable bonds is 6. The summed E-state index contributed by atoms with van der Waals surface area (Å²) < 4.78 is 2.02. The lowest BCUT2D eigenvalue weighted by Crippen LogP contribution is -2.43. The van der Waals surface area contributed by atoms with E-state index in [0.29, 0.717) is 6.04 Å². The van der Waals surface area contributed by atoms with Crippen molar-refractivity contribution in [2.24, 2.45) is 5.92 Å². The van der Waals surface area contributed by atoms with E-state index < -0.39 is 0 Å². The van der Waals surface area contributed by atoms with Gasteiger partial charge in [-0.05, 0) is 48.1 Å². The number of hydrogen-bond acceptors (Lipinski definition) is 4. The number of hydrogen-bond donors (Lipinski definition) is 0. The molecule has 3 fully saturated rings. The average Bonchev–Trinajstić information content (AvgIpc) is 3.11. The van der Waals surface area contributed by atoms with Gasteiger partial charge in [0.25, 0.3) is 0 Å². The van der Waals surface area contributed by atoms with Crippen molar-refractivity contribution >= 4 is 0 Å². The van der Waals surface area contributed by atoms with Crippen LogP contribution in [0.3, 0.4) is 0 Å². The van der Waals surface area contributed by atoms with Crippen molar-refractivity contribution in [3.63, 3.8) is 0 Å². The van der Waals surface area contributed by atoms with Gasteiger partial charge < -0.3 is 0 Å². The fourth-order valence-corrected chi connectivity index (χ4v) is 4.97. The summed E-state index contributed by atoms with van der Waals surface area (Å²) in [6, 6.07) is 17.7. The molecule has 2 bridgehead atoms. The Kier molecular flexibility index (Phi) is 5.41. The smallest absolute Gasteiger partial charge is 0.0662 e. The largest absolute Gasteiger partial charge is 0.296 e. The van der Waals surface area contributed by atoms with Crippen LogP contribution in [-0.2, 0) is 19.6 Å². The molecule has 2 atom stereocenters. The van der Waals surface area contributed by atoms with Crippen molar-refractivity contribution in [1.29, 1.82) is 0 Å².